The molecule has 1 aromatic carbocycles. The highest BCUT2D eigenvalue weighted by Crippen LogP contribution is 2.26. The molecule has 1 heterocycles. The second-order valence-electron chi connectivity index (χ2n) is 4.96. The molecule has 0 aromatic heterocycles. The number of hydrogen-bond donors (Lipinski definition) is 1. The van der Waals surface area contributed by atoms with Crippen molar-refractivity contribution in [2.75, 3.05) is 12.3 Å². The minimum absolute atomic E-state index is 0.219. The summed E-state index contributed by atoms with van der Waals surface area (Å²) in [5.74, 6) is 0.890. The second-order valence-corrected chi connectivity index (χ2v) is 6.88. The maximum Gasteiger partial charge on any atom is 0.128 e. The van der Waals surface area contributed by atoms with Crippen LogP contribution in [0.5, 0.6) is 0 Å². The van der Waals surface area contributed by atoms with E-state index in [1.165, 1.54) is 6.07 Å². The summed E-state index contributed by atoms with van der Waals surface area (Å²) in [6.07, 6.45) is 0. The summed E-state index contributed by atoms with van der Waals surface area (Å²) in [4.78, 5) is 2.57. The first-order valence-corrected chi connectivity index (χ1v) is 7.88. The van der Waals surface area contributed by atoms with Gasteiger partial charge in [-0.15, -0.1) is 0 Å². The molecule has 104 valence electrons. The molecule has 0 aliphatic carbocycles. The molecule has 0 radical (unpaired) electrons. The first-order valence-electron chi connectivity index (χ1n) is 6.43. The second kappa shape index (κ2) is 6.20. The van der Waals surface area contributed by atoms with Crippen LogP contribution in [0.3, 0.4) is 0 Å². The molecule has 0 amide bonds. The lowest BCUT2D eigenvalue weighted by atomic mass is 10.1. The number of hydrogen-bond acceptors (Lipinski definition) is 3. The number of benzene rings is 1. The van der Waals surface area contributed by atoms with Crippen LogP contribution in [0.15, 0.2) is 18.2 Å². The van der Waals surface area contributed by atoms with E-state index < -0.39 is 0 Å². The summed E-state index contributed by atoms with van der Waals surface area (Å²) in [5, 5.41) is 0.590. The van der Waals surface area contributed by atoms with Crippen LogP contribution in [-0.4, -0.2) is 33.5 Å². The van der Waals surface area contributed by atoms with Crippen molar-refractivity contribution in [1.29, 1.82) is 0 Å². The molecule has 1 aromatic rings. The monoisotopic (exact) mass is 298 g/mol. The number of thioether (sulfide) groups is 1. The molecule has 0 saturated carbocycles. The van der Waals surface area contributed by atoms with Gasteiger partial charge >= 0.3 is 0 Å². The van der Waals surface area contributed by atoms with E-state index >= 15 is 0 Å². The average molecular weight is 298 g/mol. The smallest absolute Gasteiger partial charge is 0.128 e. The number of thiocarbonyl (C=S) groups is 1. The maximum atomic E-state index is 14.0. The van der Waals surface area contributed by atoms with Crippen LogP contribution in [0, 0.1) is 5.82 Å². The Hall–Kier alpha value is -0.650. The molecule has 1 aliphatic heterocycles. The quantitative estimate of drug-likeness (QED) is 0.869. The van der Waals surface area contributed by atoms with Crippen LogP contribution in [0.2, 0.25) is 0 Å². The van der Waals surface area contributed by atoms with Crippen molar-refractivity contribution in [3.05, 3.63) is 35.1 Å². The van der Waals surface area contributed by atoms with E-state index in [-0.39, 0.29) is 10.8 Å². The minimum Gasteiger partial charge on any atom is -0.389 e. The zero-order valence-corrected chi connectivity index (χ0v) is 12.9. The van der Waals surface area contributed by atoms with Crippen LogP contribution in [-0.2, 0) is 6.54 Å². The topological polar surface area (TPSA) is 29.3 Å². The summed E-state index contributed by atoms with van der Waals surface area (Å²) in [7, 11) is 0. The third kappa shape index (κ3) is 3.46. The van der Waals surface area contributed by atoms with E-state index in [1.54, 1.807) is 12.1 Å². The molecule has 1 saturated heterocycles. The van der Waals surface area contributed by atoms with Crippen LogP contribution in [0.25, 0.3) is 0 Å². The van der Waals surface area contributed by atoms with Crippen molar-refractivity contribution in [3.8, 4) is 0 Å². The molecule has 2 N–H and O–H groups in total. The van der Waals surface area contributed by atoms with E-state index in [0.717, 1.165) is 12.3 Å². The SMILES string of the molecule is CC1SCCN(Cc2ccc(C(N)=S)cc2F)C1C. The van der Waals surface area contributed by atoms with Crippen LogP contribution in [0.1, 0.15) is 25.0 Å². The Morgan fingerprint density at radius 1 is 1.53 bits per heavy atom. The molecule has 2 nitrogen and oxygen atoms in total. The summed E-state index contributed by atoms with van der Waals surface area (Å²) in [6, 6.07) is 5.49. The Morgan fingerprint density at radius 2 is 2.26 bits per heavy atom. The average Bonchev–Trinajstić information content (AvgIpc) is 2.37. The van der Waals surface area contributed by atoms with Gasteiger partial charge < -0.3 is 5.73 Å². The van der Waals surface area contributed by atoms with E-state index in [0.29, 0.717) is 29.0 Å². The van der Waals surface area contributed by atoms with Crippen LogP contribution >= 0.6 is 24.0 Å². The molecule has 0 spiro atoms. The Bertz CT molecular complexity index is 479. The minimum atomic E-state index is -0.219. The molecule has 2 rings (SSSR count). The van der Waals surface area contributed by atoms with Gasteiger partial charge in [0.25, 0.3) is 0 Å². The fourth-order valence-corrected chi connectivity index (χ4v) is 3.56. The summed E-state index contributed by atoms with van der Waals surface area (Å²) >= 11 is 6.84. The Balaban J connectivity index is 2.12. The van der Waals surface area contributed by atoms with Crippen molar-refractivity contribution >= 4 is 29.0 Å². The van der Waals surface area contributed by atoms with Crippen molar-refractivity contribution < 1.29 is 4.39 Å². The Labute approximate surface area is 123 Å². The van der Waals surface area contributed by atoms with Gasteiger partial charge in [0.05, 0.1) is 0 Å². The van der Waals surface area contributed by atoms with Crippen molar-refractivity contribution in [3.63, 3.8) is 0 Å². The molecule has 2 unspecified atom stereocenters. The van der Waals surface area contributed by atoms with Gasteiger partial charge in [-0.1, -0.05) is 31.3 Å². The van der Waals surface area contributed by atoms with Crippen molar-refractivity contribution in [2.45, 2.75) is 31.7 Å². The number of nitrogens with zero attached hydrogens (tertiary/aromatic N) is 1. The first kappa shape index (κ1) is 14.8. The lowest BCUT2D eigenvalue weighted by molar-refractivity contribution is 0.202. The van der Waals surface area contributed by atoms with Gasteiger partial charge in [-0.05, 0) is 13.0 Å². The van der Waals surface area contributed by atoms with Gasteiger partial charge in [0.1, 0.15) is 10.8 Å². The van der Waals surface area contributed by atoms with E-state index in [9.17, 15) is 4.39 Å². The normalized spacial score (nSPS) is 24.4. The van der Waals surface area contributed by atoms with Crippen LogP contribution in [0.4, 0.5) is 4.39 Å². The fourth-order valence-electron chi connectivity index (χ4n) is 2.27. The Morgan fingerprint density at radius 3 is 2.89 bits per heavy atom. The molecular weight excluding hydrogens is 279 g/mol. The lowest BCUT2D eigenvalue weighted by Crippen LogP contribution is -2.44. The molecule has 1 fully saturated rings. The van der Waals surface area contributed by atoms with Crippen molar-refractivity contribution in [1.82, 2.24) is 4.90 Å². The van der Waals surface area contributed by atoms with Gasteiger partial charge in [0.2, 0.25) is 0 Å². The Kier molecular flexibility index (Phi) is 4.81. The van der Waals surface area contributed by atoms with Gasteiger partial charge in [0, 0.05) is 41.3 Å². The third-order valence-corrected chi connectivity index (χ3v) is 5.30. The summed E-state index contributed by atoms with van der Waals surface area (Å²) < 4.78 is 14.0. The zero-order chi connectivity index (χ0) is 14.0. The molecule has 1 aliphatic rings. The lowest BCUT2D eigenvalue weighted by Gasteiger charge is -2.37. The predicted molar refractivity (Wildman–Crippen MR) is 84.1 cm³/mol. The maximum absolute atomic E-state index is 14.0. The van der Waals surface area contributed by atoms with Gasteiger partial charge in [-0.25, -0.2) is 4.39 Å². The summed E-state index contributed by atoms with van der Waals surface area (Å²) in [5.41, 5.74) is 6.81. The van der Waals surface area contributed by atoms with Gasteiger partial charge in [0.15, 0.2) is 0 Å². The highest BCUT2D eigenvalue weighted by Gasteiger charge is 2.25. The summed E-state index contributed by atoms with van der Waals surface area (Å²) in [6.45, 7) is 6.09. The highest BCUT2D eigenvalue weighted by atomic mass is 32.2. The first-order chi connectivity index (χ1) is 8.99. The molecule has 19 heavy (non-hydrogen) atoms. The predicted octanol–water partition coefficient (Wildman–Crippen LogP) is 2.79. The van der Waals surface area contributed by atoms with Gasteiger partial charge in [-0.3, -0.25) is 4.90 Å². The van der Waals surface area contributed by atoms with Gasteiger partial charge in [-0.2, -0.15) is 11.8 Å². The molecule has 0 bridgehead atoms. The van der Waals surface area contributed by atoms with E-state index in [4.69, 9.17) is 18.0 Å². The highest BCUT2D eigenvalue weighted by molar-refractivity contribution is 8.00. The molecule has 5 heteroatoms. The fraction of sp³-hybridized carbons (Fsp3) is 0.500. The van der Waals surface area contributed by atoms with Crippen LogP contribution < -0.4 is 5.73 Å². The molecule has 2 atom stereocenters. The largest absolute Gasteiger partial charge is 0.389 e. The number of nitrogens with two attached hydrogens (primary N) is 1. The number of halogens is 1. The van der Waals surface area contributed by atoms with E-state index in [1.807, 2.05) is 11.8 Å². The number of rotatable bonds is 3. The zero-order valence-electron chi connectivity index (χ0n) is 11.2. The third-order valence-electron chi connectivity index (χ3n) is 3.73. The van der Waals surface area contributed by atoms with Crippen molar-refractivity contribution in [2.24, 2.45) is 5.73 Å². The molecular formula is C14H19FN2S2. The van der Waals surface area contributed by atoms with E-state index in [2.05, 4.69) is 18.7 Å². The standard InChI is InChI=1S/C14H19FN2S2/c1-9-10(2)19-6-5-17(9)8-12-4-3-11(14(16)18)7-13(12)15/h3-4,7,9-10H,5-6,8H2,1-2H3,(H2,16,18).